The highest BCUT2D eigenvalue weighted by molar-refractivity contribution is 5.95. The molecule has 0 radical (unpaired) electrons. The number of methoxy groups -OCH3 is 2. The predicted molar refractivity (Wildman–Crippen MR) is 185 cm³/mol. The van der Waals surface area contributed by atoms with Crippen molar-refractivity contribution in [3.63, 3.8) is 0 Å². The van der Waals surface area contributed by atoms with Crippen LogP contribution in [0.5, 0.6) is 0 Å². The fourth-order valence-electron chi connectivity index (χ4n) is 11.2. The quantitative estimate of drug-likeness (QED) is 0.320. The van der Waals surface area contributed by atoms with E-state index in [-0.39, 0.29) is 34.6 Å². The number of nitrogens with zero attached hydrogens (tertiary/aromatic N) is 2. The molecule has 8 nitrogen and oxygen atoms in total. The molecule has 2 N–H and O–H groups in total. The number of fused-ring (bicyclic) bond motifs is 4. The number of esters is 2. The lowest BCUT2D eigenvalue weighted by molar-refractivity contribution is -0.138. The Kier molecular flexibility index (Phi) is 6.67. The zero-order valence-corrected chi connectivity index (χ0v) is 28.3. The topological polar surface area (TPSA) is 83.1 Å². The van der Waals surface area contributed by atoms with E-state index in [0.29, 0.717) is 12.1 Å². The fraction of sp³-hybridized carbons (Fsp3) is 0.450. The molecule has 2 spiro atoms. The Morgan fingerprint density at radius 2 is 1.12 bits per heavy atom. The first-order valence-electron chi connectivity index (χ1n) is 17.6. The zero-order chi connectivity index (χ0) is 32.9. The van der Waals surface area contributed by atoms with Crippen molar-refractivity contribution in [3.8, 4) is 0 Å². The summed E-state index contributed by atoms with van der Waals surface area (Å²) in [4.78, 5) is 30.7. The van der Waals surface area contributed by atoms with E-state index in [1.807, 2.05) is 0 Å². The Morgan fingerprint density at radius 1 is 0.708 bits per heavy atom. The van der Waals surface area contributed by atoms with Crippen LogP contribution in [0.25, 0.3) is 0 Å². The monoisotopic (exact) mass is 644 g/mol. The van der Waals surface area contributed by atoms with Gasteiger partial charge in [0.1, 0.15) is 0 Å². The Balaban J connectivity index is 0.000000131. The molecule has 6 atom stereocenters. The third kappa shape index (κ3) is 3.68. The molecule has 48 heavy (non-hydrogen) atoms. The van der Waals surface area contributed by atoms with Crippen molar-refractivity contribution in [1.82, 2.24) is 9.80 Å². The number of carbonyl (C=O) groups is 2. The van der Waals surface area contributed by atoms with Gasteiger partial charge in [0.2, 0.25) is 0 Å². The SMILES string of the molecule is C/C=C1/CN2CC[C@]34C(=C(C(=O)OC)[C@H]1C[C@H]23)Nc1ccccc14.C/C=C1/CN2CC[C@]34C(=C(C(=O)OC)[C@H]1C[C@H]23)Nc1ccccc14. The van der Waals surface area contributed by atoms with Gasteiger partial charge in [-0.25, -0.2) is 9.59 Å². The molecule has 2 aromatic rings. The average Bonchev–Trinajstić information content (AvgIpc) is 3.89. The van der Waals surface area contributed by atoms with E-state index in [2.05, 4.69) is 95.0 Å². The predicted octanol–water partition coefficient (Wildman–Crippen LogP) is 5.66. The van der Waals surface area contributed by atoms with Crippen molar-refractivity contribution in [3.05, 3.63) is 105 Å². The van der Waals surface area contributed by atoms with E-state index in [0.717, 1.165) is 85.8 Å². The number of allylic oxidation sites excluding steroid dienone is 2. The number of anilines is 2. The number of rotatable bonds is 2. The van der Waals surface area contributed by atoms with Crippen LogP contribution < -0.4 is 10.6 Å². The van der Waals surface area contributed by atoms with E-state index < -0.39 is 0 Å². The summed E-state index contributed by atoms with van der Waals surface area (Å²) in [7, 11) is 2.99. The van der Waals surface area contributed by atoms with Gasteiger partial charge in [0.05, 0.1) is 36.2 Å². The molecular weight excluding hydrogens is 600 g/mol. The minimum Gasteiger partial charge on any atom is -0.466 e. The van der Waals surface area contributed by atoms with Crippen molar-refractivity contribution in [2.75, 3.05) is 51.0 Å². The van der Waals surface area contributed by atoms with Crippen LogP contribution in [-0.2, 0) is 29.9 Å². The maximum atomic E-state index is 12.7. The van der Waals surface area contributed by atoms with Crippen LogP contribution in [0.3, 0.4) is 0 Å². The summed E-state index contributed by atoms with van der Waals surface area (Å²) in [5, 5.41) is 7.24. The van der Waals surface area contributed by atoms with Crippen molar-refractivity contribution in [2.45, 2.75) is 62.4 Å². The largest absolute Gasteiger partial charge is 0.466 e. The Bertz CT molecular complexity index is 1750. The average molecular weight is 645 g/mol. The molecule has 8 heteroatoms. The molecule has 4 fully saturated rings. The molecule has 248 valence electrons. The Labute approximate surface area is 282 Å². The maximum Gasteiger partial charge on any atom is 0.336 e. The number of benzene rings is 2. The van der Waals surface area contributed by atoms with E-state index in [1.165, 1.54) is 36.5 Å². The molecule has 0 unspecified atom stereocenters. The van der Waals surface area contributed by atoms with Gasteiger partial charge in [-0.3, -0.25) is 9.80 Å². The number of hydrogen-bond acceptors (Lipinski definition) is 8. The zero-order valence-electron chi connectivity index (χ0n) is 28.3. The van der Waals surface area contributed by atoms with Gasteiger partial charge in [0, 0.05) is 72.9 Å². The Hall–Kier alpha value is -4.14. The third-order valence-electron chi connectivity index (χ3n) is 13.2. The second kappa shape index (κ2) is 10.7. The molecule has 4 saturated heterocycles. The van der Waals surface area contributed by atoms with Crippen molar-refractivity contribution in [2.24, 2.45) is 11.8 Å². The molecule has 8 aliphatic rings. The summed E-state index contributed by atoms with van der Waals surface area (Å²) in [6, 6.07) is 18.1. The first kappa shape index (κ1) is 30.0. The lowest BCUT2D eigenvalue weighted by Crippen LogP contribution is -2.53. The second-order valence-electron chi connectivity index (χ2n) is 14.6. The molecule has 4 bridgehead atoms. The van der Waals surface area contributed by atoms with Gasteiger partial charge in [-0.05, 0) is 62.8 Å². The first-order valence-corrected chi connectivity index (χ1v) is 17.6. The van der Waals surface area contributed by atoms with Crippen LogP contribution >= 0.6 is 0 Å². The van der Waals surface area contributed by atoms with Crippen LogP contribution in [0.1, 0.15) is 50.7 Å². The molecule has 2 aliphatic carbocycles. The summed E-state index contributed by atoms with van der Waals surface area (Å²) >= 11 is 0. The standard InChI is InChI=1S/2C20H22N2O2/c2*1-3-12-11-22-9-8-20-14-6-4-5-7-15(14)21-18(20)17(19(23)24-2)13(12)10-16(20)22/h2*3-7,13,16,21H,8-11H2,1-2H3/b2*12-3-/t2*13-,16-,20+/m00/s1. The van der Waals surface area contributed by atoms with Crippen LogP contribution in [-0.4, -0.2) is 74.2 Å². The Morgan fingerprint density at radius 3 is 1.52 bits per heavy atom. The second-order valence-corrected chi connectivity index (χ2v) is 14.6. The minimum absolute atomic E-state index is 0.0596. The fourth-order valence-corrected chi connectivity index (χ4v) is 11.2. The molecule has 0 amide bonds. The smallest absolute Gasteiger partial charge is 0.336 e. The van der Waals surface area contributed by atoms with Crippen LogP contribution in [0.2, 0.25) is 0 Å². The molecule has 6 heterocycles. The van der Waals surface area contributed by atoms with Gasteiger partial charge in [0.25, 0.3) is 0 Å². The summed E-state index contributed by atoms with van der Waals surface area (Å²) in [5.74, 6) is 0.0270. The lowest BCUT2D eigenvalue weighted by atomic mass is 9.62. The van der Waals surface area contributed by atoms with Gasteiger partial charge in [-0.1, -0.05) is 59.7 Å². The minimum atomic E-state index is -0.173. The van der Waals surface area contributed by atoms with Gasteiger partial charge < -0.3 is 20.1 Å². The molecular formula is C40H44N4O4. The molecule has 6 aliphatic heterocycles. The summed E-state index contributed by atoms with van der Waals surface area (Å²) < 4.78 is 10.4. The van der Waals surface area contributed by atoms with E-state index in [4.69, 9.17) is 9.47 Å². The summed E-state index contributed by atoms with van der Waals surface area (Å²) in [6.45, 7) is 8.30. The van der Waals surface area contributed by atoms with E-state index in [1.54, 1.807) is 0 Å². The summed E-state index contributed by atoms with van der Waals surface area (Å²) in [5.41, 5.74) is 11.6. The van der Waals surface area contributed by atoms with Gasteiger partial charge >= 0.3 is 11.9 Å². The normalized spacial score (nSPS) is 34.8. The number of piperidine rings is 2. The van der Waals surface area contributed by atoms with Crippen LogP contribution in [0.15, 0.2) is 94.4 Å². The molecule has 0 saturated carbocycles. The van der Waals surface area contributed by atoms with Gasteiger partial charge in [-0.2, -0.15) is 0 Å². The number of para-hydroxylation sites is 2. The summed E-state index contributed by atoms with van der Waals surface area (Å²) in [6.07, 6.45) is 8.56. The number of ether oxygens (including phenoxy) is 2. The molecule has 10 rings (SSSR count). The highest BCUT2D eigenvalue weighted by atomic mass is 16.5. The van der Waals surface area contributed by atoms with Crippen molar-refractivity contribution >= 4 is 23.3 Å². The number of nitrogens with one attached hydrogen (secondary N) is 2. The maximum absolute atomic E-state index is 12.7. The van der Waals surface area contributed by atoms with Gasteiger partial charge in [-0.15, -0.1) is 0 Å². The number of carbonyl (C=O) groups excluding carboxylic acids is 2. The third-order valence-corrected chi connectivity index (χ3v) is 13.2. The van der Waals surface area contributed by atoms with E-state index >= 15 is 0 Å². The lowest BCUT2D eigenvalue weighted by Gasteiger charge is -2.48. The van der Waals surface area contributed by atoms with Gasteiger partial charge in [0.15, 0.2) is 0 Å². The van der Waals surface area contributed by atoms with Crippen LogP contribution in [0, 0.1) is 11.8 Å². The van der Waals surface area contributed by atoms with Crippen molar-refractivity contribution < 1.29 is 19.1 Å². The molecule has 0 aromatic heterocycles. The number of hydrogen-bond donors (Lipinski definition) is 2. The van der Waals surface area contributed by atoms with Crippen molar-refractivity contribution in [1.29, 1.82) is 0 Å². The first-order chi connectivity index (χ1) is 23.4. The molecule has 2 aromatic carbocycles. The van der Waals surface area contributed by atoms with E-state index in [9.17, 15) is 9.59 Å². The highest BCUT2D eigenvalue weighted by Gasteiger charge is 2.63. The highest BCUT2D eigenvalue weighted by Crippen LogP contribution is 2.62. The van der Waals surface area contributed by atoms with Crippen LogP contribution in [0.4, 0.5) is 11.4 Å².